The molecule has 142 valence electrons. The molecular formula is C23H15ClN2O2S. The van der Waals surface area contributed by atoms with Gasteiger partial charge in [-0.3, -0.25) is 4.79 Å². The van der Waals surface area contributed by atoms with Gasteiger partial charge in [-0.1, -0.05) is 53.7 Å². The number of pyridine rings is 1. The normalized spacial score (nSPS) is 10.8. The van der Waals surface area contributed by atoms with Gasteiger partial charge in [0.15, 0.2) is 5.76 Å². The summed E-state index contributed by atoms with van der Waals surface area (Å²) in [5.74, 6) is 0.865. The minimum atomic E-state index is 0.0165. The van der Waals surface area contributed by atoms with E-state index in [0.717, 1.165) is 22.1 Å². The molecule has 0 saturated heterocycles. The highest BCUT2D eigenvalue weighted by Gasteiger charge is 2.18. The van der Waals surface area contributed by atoms with Crippen LogP contribution in [0.25, 0.3) is 33.6 Å². The van der Waals surface area contributed by atoms with Gasteiger partial charge in [-0.25, -0.2) is 4.98 Å². The first kappa shape index (κ1) is 19.3. The van der Waals surface area contributed by atoms with Crippen molar-refractivity contribution in [3.8, 4) is 28.7 Å². The summed E-state index contributed by atoms with van der Waals surface area (Å²) in [6, 6.07) is 21.0. The molecule has 2 heterocycles. The number of carbonyl (C=O) groups is 1. The lowest BCUT2D eigenvalue weighted by atomic mass is 10.0. The van der Waals surface area contributed by atoms with E-state index in [4.69, 9.17) is 16.0 Å². The Morgan fingerprint density at radius 3 is 2.62 bits per heavy atom. The molecule has 0 unspecified atom stereocenters. The molecule has 2 aromatic heterocycles. The maximum absolute atomic E-state index is 11.5. The van der Waals surface area contributed by atoms with E-state index in [1.165, 1.54) is 18.7 Å². The van der Waals surface area contributed by atoms with Crippen LogP contribution >= 0.6 is 23.4 Å². The molecular weight excluding hydrogens is 404 g/mol. The Morgan fingerprint density at radius 2 is 1.93 bits per heavy atom. The molecule has 4 rings (SSSR count). The molecule has 0 aliphatic rings. The topological polar surface area (TPSA) is 66.9 Å². The van der Waals surface area contributed by atoms with Crippen LogP contribution in [0.4, 0.5) is 0 Å². The van der Waals surface area contributed by atoms with Crippen LogP contribution in [0, 0.1) is 11.3 Å². The molecule has 2 aromatic carbocycles. The maximum atomic E-state index is 11.5. The number of halogens is 1. The molecule has 0 bridgehead atoms. The quantitative estimate of drug-likeness (QED) is 0.352. The Balaban J connectivity index is 1.91. The average Bonchev–Trinajstić information content (AvgIpc) is 3.16. The van der Waals surface area contributed by atoms with Crippen molar-refractivity contribution in [2.45, 2.75) is 11.9 Å². The van der Waals surface area contributed by atoms with Crippen LogP contribution in [-0.4, -0.2) is 16.5 Å². The second-order valence-corrected chi connectivity index (χ2v) is 7.89. The van der Waals surface area contributed by atoms with Crippen LogP contribution in [0.2, 0.25) is 5.02 Å². The fourth-order valence-corrected chi connectivity index (χ4v) is 3.92. The number of rotatable bonds is 5. The molecule has 0 fully saturated rings. The maximum Gasteiger partial charge on any atom is 0.153 e. The van der Waals surface area contributed by atoms with Crippen molar-refractivity contribution >= 4 is 40.1 Å². The molecule has 0 radical (unpaired) electrons. The van der Waals surface area contributed by atoms with Crippen LogP contribution in [0.3, 0.4) is 0 Å². The van der Waals surface area contributed by atoms with E-state index in [0.29, 0.717) is 27.1 Å². The van der Waals surface area contributed by atoms with Crippen molar-refractivity contribution < 1.29 is 9.21 Å². The van der Waals surface area contributed by atoms with Crippen LogP contribution in [0.5, 0.6) is 0 Å². The van der Waals surface area contributed by atoms with E-state index in [1.807, 2.05) is 48.5 Å². The lowest BCUT2D eigenvalue weighted by molar-refractivity contribution is -0.114. The molecule has 0 aliphatic carbocycles. The molecule has 29 heavy (non-hydrogen) atoms. The number of ketones is 1. The van der Waals surface area contributed by atoms with Gasteiger partial charge in [-0.05, 0) is 42.8 Å². The average molecular weight is 419 g/mol. The molecule has 4 aromatic rings. The zero-order valence-corrected chi connectivity index (χ0v) is 17.1. The van der Waals surface area contributed by atoms with Crippen molar-refractivity contribution in [1.29, 1.82) is 5.26 Å². The number of furan rings is 1. The number of hydrogen-bond acceptors (Lipinski definition) is 5. The number of Topliss-reactive ketones (excluding diaryl/α,β-unsaturated/α-hetero) is 1. The predicted octanol–water partition coefficient (Wildman–Crippen LogP) is 6.37. The molecule has 0 spiro atoms. The van der Waals surface area contributed by atoms with E-state index in [9.17, 15) is 10.1 Å². The second-order valence-electron chi connectivity index (χ2n) is 6.49. The third-order valence-electron chi connectivity index (χ3n) is 4.34. The molecule has 0 amide bonds. The number of nitrogens with zero attached hydrogens (tertiary/aromatic N) is 2. The van der Waals surface area contributed by atoms with E-state index in [1.54, 1.807) is 12.1 Å². The number of thioether (sulfide) groups is 1. The summed E-state index contributed by atoms with van der Waals surface area (Å²) in [4.78, 5) is 16.2. The van der Waals surface area contributed by atoms with Crippen LogP contribution in [0.15, 0.2) is 70.1 Å². The molecule has 0 saturated carbocycles. The van der Waals surface area contributed by atoms with Gasteiger partial charge in [-0.15, -0.1) is 0 Å². The van der Waals surface area contributed by atoms with Gasteiger partial charge < -0.3 is 4.42 Å². The zero-order valence-electron chi connectivity index (χ0n) is 15.5. The van der Waals surface area contributed by atoms with Crippen molar-refractivity contribution in [1.82, 2.24) is 4.98 Å². The Hall–Kier alpha value is -3.07. The fourth-order valence-electron chi connectivity index (χ4n) is 3.00. The third kappa shape index (κ3) is 4.04. The van der Waals surface area contributed by atoms with Crippen LogP contribution in [-0.2, 0) is 4.79 Å². The van der Waals surface area contributed by atoms with E-state index >= 15 is 0 Å². The zero-order chi connectivity index (χ0) is 20.4. The highest BCUT2D eigenvalue weighted by molar-refractivity contribution is 8.00. The standard InChI is InChI=1S/C23H15ClN2O2S/c1-14(27)13-29-23-19(12-25)18(15-6-8-17(24)9-7-15)11-20(26-23)22-10-16-4-2-3-5-21(16)28-22/h2-11H,13H2,1H3. The fraction of sp³-hybridized carbons (Fsp3) is 0.0870. The first-order valence-electron chi connectivity index (χ1n) is 8.87. The summed E-state index contributed by atoms with van der Waals surface area (Å²) < 4.78 is 5.98. The molecule has 0 atom stereocenters. The van der Waals surface area contributed by atoms with Gasteiger partial charge in [0.25, 0.3) is 0 Å². The summed E-state index contributed by atoms with van der Waals surface area (Å²) in [6.45, 7) is 1.52. The van der Waals surface area contributed by atoms with Crippen molar-refractivity contribution in [2.75, 3.05) is 5.75 Å². The molecule has 0 aliphatic heterocycles. The summed E-state index contributed by atoms with van der Waals surface area (Å²) in [5.41, 5.74) is 3.37. The Kier molecular flexibility index (Phi) is 5.39. The van der Waals surface area contributed by atoms with Gasteiger partial charge in [0.2, 0.25) is 0 Å². The highest BCUT2D eigenvalue weighted by atomic mass is 35.5. The lowest BCUT2D eigenvalue weighted by Gasteiger charge is -2.11. The highest BCUT2D eigenvalue weighted by Crippen LogP contribution is 2.36. The summed E-state index contributed by atoms with van der Waals surface area (Å²) in [5, 5.41) is 11.9. The van der Waals surface area contributed by atoms with Crippen molar-refractivity contribution in [3.63, 3.8) is 0 Å². The number of fused-ring (bicyclic) bond motifs is 1. The lowest BCUT2D eigenvalue weighted by Crippen LogP contribution is -1.99. The number of aromatic nitrogens is 1. The van der Waals surface area contributed by atoms with Gasteiger partial charge in [0, 0.05) is 16.0 Å². The SMILES string of the molecule is CC(=O)CSc1nc(-c2cc3ccccc3o2)cc(-c2ccc(Cl)cc2)c1C#N. The van der Waals surface area contributed by atoms with E-state index in [2.05, 4.69) is 11.1 Å². The first-order chi connectivity index (χ1) is 14.0. The minimum Gasteiger partial charge on any atom is -0.454 e. The first-order valence-corrected chi connectivity index (χ1v) is 10.2. The molecule has 6 heteroatoms. The monoisotopic (exact) mass is 418 g/mol. The van der Waals surface area contributed by atoms with Gasteiger partial charge in [0.1, 0.15) is 28.2 Å². The summed E-state index contributed by atoms with van der Waals surface area (Å²) >= 11 is 7.28. The summed E-state index contributed by atoms with van der Waals surface area (Å²) in [6.07, 6.45) is 0. The minimum absolute atomic E-state index is 0.0165. The number of benzene rings is 2. The third-order valence-corrected chi connectivity index (χ3v) is 5.72. The Labute approximate surface area is 177 Å². The number of nitriles is 1. The predicted molar refractivity (Wildman–Crippen MR) is 116 cm³/mol. The van der Waals surface area contributed by atoms with Crippen molar-refractivity contribution in [3.05, 3.63) is 71.2 Å². The smallest absolute Gasteiger partial charge is 0.153 e. The largest absolute Gasteiger partial charge is 0.454 e. The van der Waals surface area contributed by atoms with Crippen molar-refractivity contribution in [2.24, 2.45) is 0 Å². The van der Waals surface area contributed by atoms with Crippen LogP contribution < -0.4 is 0 Å². The Morgan fingerprint density at radius 1 is 1.17 bits per heavy atom. The number of hydrogen-bond donors (Lipinski definition) is 0. The van der Waals surface area contributed by atoms with E-state index in [-0.39, 0.29) is 11.5 Å². The number of carbonyl (C=O) groups excluding carboxylic acids is 1. The van der Waals surface area contributed by atoms with Gasteiger partial charge in [0.05, 0.1) is 11.3 Å². The molecule has 4 nitrogen and oxygen atoms in total. The van der Waals surface area contributed by atoms with Gasteiger partial charge >= 0.3 is 0 Å². The van der Waals surface area contributed by atoms with E-state index < -0.39 is 0 Å². The summed E-state index contributed by atoms with van der Waals surface area (Å²) in [7, 11) is 0. The second kappa shape index (κ2) is 8.12. The van der Waals surface area contributed by atoms with Crippen LogP contribution in [0.1, 0.15) is 12.5 Å². The molecule has 0 N–H and O–H groups in total. The Bertz CT molecular complexity index is 1220. The number of para-hydroxylation sites is 1. The van der Waals surface area contributed by atoms with Gasteiger partial charge in [-0.2, -0.15) is 5.26 Å².